The average Bonchev–Trinajstić information content (AvgIpc) is 2.33. The summed E-state index contributed by atoms with van der Waals surface area (Å²) in [4.78, 5) is 0.287. The molecule has 1 atom stereocenters. The lowest BCUT2D eigenvalue weighted by molar-refractivity contribution is 0.342. The molecule has 1 aromatic carbocycles. The first-order chi connectivity index (χ1) is 8.75. The van der Waals surface area contributed by atoms with Gasteiger partial charge < -0.3 is 5.73 Å². The van der Waals surface area contributed by atoms with Crippen LogP contribution in [-0.2, 0) is 10.0 Å². The van der Waals surface area contributed by atoms with E-state index < -0.39 is 10.0 Å². The molecule has 0 aliphatic heterocycles. The lowest BCUT2D eigenvalue weighted by Crippen LogP contribution is -2.38. The zero-order valence-corrected chi connectivity index (χ0v) is 14.2. The molecule has 108 valence electrons. The maximum Gasteiger partial charge on any atom is 0.243 e. The summed E-state index contributed by atoms with van der Waals surface area (Å²) in [6.07, 6.45) is 0.776. The van der Waals surface area contributed by atoms with Crippen molar-refractivity contribution in [2.75, 3.05) is 12.3 Å². The van der Waals surface area contributed by atoms with E-state index in [9.17, 15) is 8.42 Å². The molecule has 0 fully saturated rings. The smallest absolute Gasteiger partial charge is 0.243 e. The second-order valence-corrected chi connectivity index (χ2v) is 7.32. The number of nitrogen functional groups attached to an aromatic ring is 1. The highest BCUT2D eigenvalue weighted by atomic mass is 79.9. The zero-order chi connectivity index (χ0) is 14.8. The number of aryl methyl sites for hydroxylation is 1. The molecule has 6 heteroatoms. The number of halogens is 1. The highest BCUT2D eigenvalue weighted by Crippen LogP contribution is 2.29. The van der Waals surface area contributed by atoms with E-state index in [0.29, 0.717) is 17.8 Å². The molecule has 0 amide bonds. The van der Waals surface area contributed by atoms with Crippen LogP contribution in [0.3, 0.4) is 0 Å². The molecule has 0 saturated carbocycles. The SMILES string of the molecule is CCC(C)N(CC)S(=O)(=O)c1cc(N)c(Br)cc1C. The number of hydrogen-bond donors (Lipinski definition) is 1. The zero-order valence-electron chi connectivity index (χ0n) is 11.8. The quantitative estimate of drug-likeness (QED) is 0.831. The molecule has 2 N–H and O–H groups in total. The number of nitrogens with two attached hydrogens (primary N) is 1. The van der Waals surface area contributed by atoms with Crippen molar-refractivity contribution in [1.29, 1.82) is 0 Å². The van der Waals surface area contributed by atoms with Gasteiger partial charge in [-0.05, 0) is 53.9 Å². The van der Waals surface area contributed by atoms with Crippen LogP contribution in [0.1, 0.15) is 32.8 Å². The van der Waals surface area contributed by atoms with Crippen molar-refractivity contribution in [2.24, 2.45) is 0 Å². The minimum absolute atomic E-state index is 0.0285. The van der Waals surface area contributed by atoms with Gasteiger partial charge in [0.25, 0.3) is 0 Å². The Balaban J connectivity index is 3.38. The molecule has 19 heavy (non-hydrogen) atoms. The molecule has 0 aliphatic carbocycles. The monoisotopic (exact) mass is 348 g/mol. The normalized spacial score (nSPS) is 13.8. The summed E-state index contributed by atoms with van der Waals surface area (Å²) in [5, 5.41) is 0. The molecule has 1 unspecified atom stereocenters. The van der Waals surface area contributed by atoms with Gasteiger partial charge in [-0.25, -0.2) is 8.42 Å². The second-order valence-electron chi connectivity index (χ2n) is 4.60. The fourth-order valence-corrected chi connectivity index (χ4v) is 4.41. The van der Waals surface area contributed by atoms with Crippen LogP contribution in [-0.4, -0.2) is 25.3 Å². The van der Waals surface area contributed by atoms with Crippen molar-refractivity contribution >= 4 is 31.6 Å². The van der Waals surface area contributed by atoms with Crippen molar-refractivity contribution in [3.05, 3.63) is 22.2 Å². The highest BCUT2D eigenvalue weighted by Gasteiger charge is 2.28. The lowest BCUT2D eigenvalue weighted by Gasteiger charge is -2.27. The second kappa shape index (κ2) is 6.24. The predicted molar refractivity (Wildman–Crippen MR) is 82.6 cm³/mol. The fourth-order valence-electron chi connectivity index (χ4n) is 1.99. The lowest BCUT2D eigenvalue weighted by atomic mass is 10.2. The Morgan fingerprint density at radius 2 is 1.95 bits per heavy atom. The Labute approximate surface area is 124 Å². The summed E-state index contributed by atoms with van der Waals surface area (Å²) < 4.78 is 27.6. The predicted octanol–water partition coefficient (Wildman–Crippen LogP) is 3.15. The van der Waals surface area contributed by atoms with Crippen molar-refractivity contribution in [1.82, 2.24) is 4.31 Å². The van der Waals surface area contributed by atoms with Crippen LogP contribution >= 0.6 is 15.9 Å². The molecule has 1 aromatic rings. The van der Waals surface area contributed by atoms with Crippen LogP contribution < -0.4 is 5.73 Å². The maximum atomic E-state index is 12.7. The van der Waals surface area contributed by atoms with Crippen molar-refractivity contribution in [3.8, 4) is 0 Å². The molecule has 0 radical (unpaired) electrons. The largest absolute Gasteiger partial charge is 0.398 e. The molecule has 1 rings (SSSR count). The van der Waals surface area contributed by atoms with Crippen LogP contribution in [0, 0.1) is 6.92 Å². The van der Waals surface area contributed by atoms with E-state index in [1.807, 2.05) is 20.8 Å². The highest BCUT2D eigenvalue weighted by molar-refractivity contribution is 9.10. The average molecular weight is 349 g/mol. The van der Waals surface area contributed by atoms with Gasteiger partial charge in [-0.3, -0.25) is 0 Å². The first-order valence-corrected chi connectivity index (χ1v) is 8.56. The van der Waals surface area contributed by atoms with E-state index in [0.717, 1.165) is 10.9 Å². The van der Waals surface area contributed by atoms with E-state index >= 15 is 0 Å². The summed E-state index contributed by atoms with van der Waals surface area (Å²) in [7, 11) is -3.50. The standard InChI is InChI=1S/C13H21BrN2O2S/c1-5-10(4)16(6-2)19(17,18)13-8-12(15)11(14)7-9(13)3/h7-8,10H,5-6,15H2,1-4H3. The van der Waals surface area contributed by atoms with E-state index in [2.05, 4.69) is 15.9 Å². The third kappa shape index (κ3) is 3.30. The molecule has 0 aromatic heterocycles. The van der Waals surface area contributed by atoms with Gasteiger partial charge in [-0.2, -0.15) is 4.31 Å². The van der Waals surface area contributed by atoms with E-state index in [-0.39, 0.29) is 10.9 Å². The van der Waals surface area contributed by atoms with Gasteiger partial charge in [0.05, 0.1) is 4.90 Å². The number of sulfonamides is 1. The van der Waals surface area contributed by atoms with Crippen LogP contribution in [0.5, 0.6) is 0 Å². The Morgan fingerprint density at radius 1 is 1.37 bits per heavy atom. The molecule has 4 nitrogen and oxygen atoms in total. The van der Waals surface area contributed by atoms with Crippen molar-refractivity contribution in [2.45, 2.75) is 45.1 Å². The fraction of sp³-hybridized carbons (Fsp3) is 0.538. The molecular weight excluding hydrogens is 328 g/mol. The molecule has 0 aliphatic rings. The molecule has 0 heterocycles. The van der Waals surface area contributed by atoms with Crippen LogP contribution in [0.2, 0.25) is 0 Å². The molecular formula is C13H21BrN2O2S. The Morgan fingerprint density at radius 3 is 2.42 bits per heavy atom. The van der Waals surface area contributed by atoms with Crippen LogP contribution in [0.4, 0.5) is 5.69 Å². The topological polar surface area (TPSA) is 63.4 Å². The van der Waals surface area contributed by atoms with Gasteiger partial charge in [-0.15, -0.1) is 0 Å². The number of nitrogens with zero attached hydrogens (tertiary/aromatic N) is 1. The van der Waals surface area contributed by atoms with Crippen LogP contribution in [0.25, 0.3) is 0 Å². The summed E-state index contributed by atoms with van der Waals surface area (Å²) in [6, 6.07) is 3.24. The Kier molecular flexibility index (Phi) is 5.41. The Hall–Kier alpha value is -0.590. The first kappa shape index (κ1) is 16.5. The molecule has 0 spiro atoms. The number of anilines is 1. The van der Waals surface area contributed by atoms with Gasteiger partial charge in [0, 0.05) is 22.7 Å². The van der Waals surface area contributed by atoms with E-state index in [4.69, 9.17) is 5.73 Å². The van der Waals surface area contributed by atoms with Crippen LogP contribution in [0.15, 0.2) is 21.5 Å². The Bertz CT molecular complexity index is 558. The third-order valence-corrected chi connectivity index (χ3v) is 6.19. The van der Waals surface area contributed by atoms with Gasteiger partial charge in [0.1, 0.15) is 0 Å². The maximum absolute atomic E-state index is 12.7. The minimum Gasteiger partial charge on any atom is -0.398 e. The summed E-state index contributed by atoms with van der Waals surface area (Å²) in [5.74, 6) is 0. The number of benzene rings is 1. The summed E-state index contributed by atoms with van der Waals surface area (Å²) >= 11 is 3.31. The van der Waals surface area contributed by atoms with Gasteiger partial charge in [0.15, 0.2) is 0 Å². The third-order valence-electron chi connectivity index (χ3n) is 3.28. The summed E-state index contributed by atoms with van der Waals surface area (Å²) in [6.45, 7) is 7.97. The minimum atomic E-state index is -3.50. The number of hydrogen-bond acceptors (Lipinski definition) is 3. The first-order valence-electron chi connectivity index (χ1n) is 6.33. The molecule has 0 saturated heterocycles. The van der Waals surface area contributed by atoms with Crippen molar-refractivity contribution in [3.63, 3.8) is 0 Å². The van der Waals surface area contributed by atoms with Crippen molar-refractivity contribution < 1.29 is 8.42 Å². The summed E-state index contributed by atoms with van der Waals surface area (Å²) in [5.41, 5.74) is 6.94. The molecule has 0 bridgehead atoms. The van der Waals surface area contributed by atoms with Gasteiger partial charge >= 0.3 is 0 Å². The number of rotatable bonds is 5. The van der Waals surface area contributed by atoms with E-state index in [1.165, 1.54) is 10.4 Å². The van der Waals surface area contributed by atoms with Gasteiger partial charge in [-0.1, -0.05) is 13.8 Å². The van der Waals surface area contributed by atoms with Gasteiger partial charge in [0.2, 0.25) is 10.0 Å². The van der Waals surface area contributed by atoms with E-state index in [1.54, 1.807) is 13.0 Å².